The van der Waals surface area contributed by atoms with Crippen molar-refractivity contribution in [3.8, 4) is 0 Å². The van der Waals surface area contributed by atoms with Gasteiger partial charge in [-0.1, -0.05) is 26.0 Å². The molecule has 0 radical (unpaired) electrons. The lowest BCUT2D eigenvalue weighted by atomic mass is 9.99. The standard InChI is InChI=1S/C21H26N2O4S/c1-3-16-6-9-18(10-7-16)28(26,27)22-19-13-17(21(24)25)8-11-20(19)23-12-4-5-15(2)14-23/h6-11,13,15,22H,3-5,12,14H2,1-2H3,(H,24,25). The van der Waals surface area contributed by atoms with E-state index >= 15 is 0 Å². The van der Waals surface area contributed by atoms with Crippen LogP contribution in [0.1, 0.15) is 42.6 Å². The number of aryl methyl sites for hydroxylation is 1. The van der Waals surface area contributed by atoms with Gasteiger partial charge in [-0.15, -0.1) is 0 Å². The zero-order chi connectivity index (χ0) is 20.3. The molecule has 0 aliphatic carbocycles. The number of carboxylic acids is 1. The molecule has 1 heterocycles. The van der Waals surface area contributed by atoms with Crippen LogP contribution in [0, 0.1) is 5.92 Å². The molecule has 0 aromatic heterocycles. The van der Waals surface area contributed by atoms with Crippen LogP contribution >= 0.6 is 0 Å². The van der Waals surface area contributed by atoms with Crippen molar-refractivity contribution < 1.29 is 18.3 Å². The van der Waals surface area contributed by atoms with E-state index in [1.165, 1.54) is 12.1 Å². The highest BCUT2D eigenvalue weighted by Crippen LogP contribution is 2.32. The Balaban J connectivity index is 1.97. The average Bonchev–Trinajstić information content (AvgIpc) is 2.67. The minimum absolute atomic E-state index is 0.0489. The van der Waals surface area contributed by atoms with Crippen molar-refractivity contribution in [3.05, 3.63) is 53.6 Å². The van der Waals surface area contributed by atoms with Crippen molar-refractivity contribution in [2.45, 2.75) is 38.0 Å². The maximum Gasteiger partial charge on any atom is 0.335 e. The number of benzene rings is 2. The van der Waals surface area contributed by atoms with E-state index in [1.807, 2.05) is 6.92 Å². The van der Waals surface area contributed by atoms with Gasteiger partial charge in [0, 0.05) is 13.1 Å². The largest absolute Gasteiger partial charge is 0.478 e. The van der Waals surface area contributed by atoms with Gasteiger partial charge >= 0.3 is 5.97 Å². The van der Waals surface area contributed by atoms with Crippen molar-refractivity contribution in [2.24, 2.45) is 5.92 Å². The fourth-order valence-corrected chi connectivity index (χ4v) is 4.61. The molecule has 1 saturated heterocycles. The van der Waals surface area contributed by atoms with Crippen LogP contribution in [-0.2, 0) is 16.4 Å². The van der Waals surface area contributed by atoms with E-state index in [0.29, 0.717) is 17.3 Å². The maximum absolute atomic E-state index is 12.9. The molecule has 6 nitrogen and oxygen atoms in total. The molecule has 2 aromatic carbocycles. The van der Waals surface area contributed by atoms with E-state index in [1.54, 1.807) is 30.3 Å². The van der Waals surface area contributed by atoms with Gasteiger partial charge in [0.15, 0.2) is 0 Å². The molecule has 2 N–H and O–H groups in total. The summed E-state index contributed by atoms with van der Waals surface area (Å²) >= 11 is 0. The molecule has 1 fully saturated rings. The van der Waals surface area contributed by atoms with Gasteiger partial charge in [0.2, 0.25) is 0 Å². The van der Waals surface area contributed by atoms with Crippen molar-refractivity contribution in [1.82, 2.24) is 0 Å². The average molecular weight is 403 g/mol. The molecule has 2 aromatic rings. The van der Waals surface area contributed by atoms with Crippen molar-refractivity contribution in [2.75, 3.05) is 22.7 Å². The first-order chi connectivity index (χ1) is 13.3. The second-order valence-corrected chi connectivity index (χ2v) is 9.02. The molecule has 0 bridgehead atoms. The summed E-state index contributed by atoms with van der Waals surface area (Å²) in [6, 6.07) is 11.3. The molecule has 1 aliphatic heterocycles. The Morgan fingerprint density at radius 2 is 1.93 bits per heavy atom. The number of anilines is 2. The van der Waals surface area contributed by atoms with Gasteiger partial charge in [-0.05, 0) is 61.1 Å². The highest BCUT2D eigenvalue weighted by atomic mass is 32.2. The van der Waals surface area contributed by atoms with Crippen LogP contribution in [0.2, 0.25) is 0 Å². The van der Waals surface area contributed by atoms with Crippen molar-refractivity contribution in [1.29, 1.82) is 0 Å². The lowest BCUT2D eigenvalue weighted by Gasteiger charge is -2.34. The van der Waals surface area contributed by atoms with Crippen LogP contribution in [0.5, 0.6) is 0 Å². The highest BCUT2D eigenvalue weighted by molar-refractivity contribution is 7.92. The lowest BCUT2D eigenvalue weighted by molar-refractivity contribution is 0.0697. The normalized spacial score (nSPS) is 17.4. The number of rotatable bonds is 6. The van der Waals surface area contributed by atoms with E-state index in [-0.39, 0.29) is 10.5 Å². The van der Waals surface area contributed by atoms with Crippen molar-refractivity contribution >= 4 is 27.4 Å². The van der Waals surface area contributed by atoms with Crippen LogP contribution < -0.4 is 9.62 Å². The number of sulfonamides is 1. The predicted octanol–water partition coefficient (Wildman–Crippen LogP) is 3.98. The molecule has 3 rings (SSSR count). The molecular formula is C21H26N2O4S. The number of hydrogen-bond donors (Lipinski definition) is 2. The van der Waals surface area contributed by atoms with Gasteiger partial charge in [-0.25, -0.2) is 13.2 Å². The lowest BCUT2D eigenvalue weighted by Crippen LogP contribution is -2.35. The Morgan fingerprint density at radius 3 is 2.54 bits per heavy atom. The minimum atomic E-state index is -3.83. The zero-order valence-electron chi connectivity index (χ0n) is 16.2. The van der Waals surface area contributed by atoms with Gasteiger partial charge < -0.3 is 10.0 Å². The number of nitrogens with zero attached hydrogens (tertiary/aromatic N) is 1. The molecule has 1 unspecified atom stereocenters. The van der Waals surface area contributed by atoms with Gasteiger partial charge in [-0.3, -0.25) is 4.72 Å². The smallest absolute Gasteiger partial charge is 0.335 e. The predicted molar refractivity (Wildman–Crippen MR) is 111 cm³/mol. The van der Waals surface area contributed by atoms with Crippen LogP contribution in [0.25, 0.3) is 0 Å². The third kappa shape index (κ3) is 4.47. The molecule has 0 amide bonds. The summed E-state index contributed by atoms with van der Waals surface area (Å²) in [7, 11) is -3.83. The van der Waals surface area contributed by atoms with Crippen LogP contribution in [0.3, 0.4) is 0 Å². The molecule has 150 valence electrons. The van der Waals surface area contributed by atoms with Crippen LogP contribution in [-0.4, -0.2) is 32.6 Å². The topological polar surface area (TPSA) is 86.7 Å². The summed E-state index contributed by atoms with van der Waals surface area (Å²) in [6.45, 7) is 5.80. The second kappa shape index (κ2) is 8.22. The van der Waals surface area contributed by atoms with E-state index in [4.69, 9.17) is 0 Å². The summed E-state index contributed by atoms with van der Waals surface area (Å²) in [5.74, 6) is -0.592. The van der Waals surface area contributed by atoms with Crippen LogP contribution in [0.15, 0.2) is 47.4 Å². The Bertz CT molecular complexity index is 955. The Kier molecular flexibility index (Phi) is 5.93. The number of nitrogens with one attached hydrogen (secondary N) is 1. The molecular weight excluding hydrogens is 376 g/mol. The van der Waals surface area contributed by atoms with E-state index in [2.05, 4.69) is 16.5 Å². The number of hydrogen-bond acceptors (Lipinski definition) is 4. The first-order valence-electron chi connectivity index (χ1n) is 9.54. The van der Waals surface area contributed by atoms with E-state index in [9.17, 15) is 18.3 Å². The van der Waals surface area contributed by atoms with Crippen LogP contribution in [0.4, 0.5) is 11.4 Å². The molecule has 0 spiro atoms. The number of carboxylic acid groups (broad SMARTS) is 1. The number of aromatic carboxylic acids is 1. The molecule has 1 aliphatic rings. The quantitative estimate of drug-likeness (QED) is 0.763. The van der Waals surface area contributed by atoms with Crippen molar-refractivity contribution in [3.63, 3.8) is 0 Å². The Labute approximate surface area is 166 Å². The summed E-state index contributed by atoms with van der Waals surface area (Å²) in [5.41, 5.74) is 2.11. The Morgan fingerprint density at radius 1 is 1.21 bits per heavy atom. The van der Waals surface area contributed by atoms with Gasteiger partial charge in [0.25, 0.3) is 10.0 Å². The third-order valence-corrected chi connectivity index (χ3v) is 6.51. The third-order valence-electron chi connectivity index (χ3n) is 5.13. The maximum atomic E-state index is 12.9. The summed E-state index contributed by atoms with van der Waals surface area (Å²) in [5, 5.41) is 9.33. The van der Waals surface area contributed by atoms with Gasteiger partial charge in [-0.2, -0.15) is 0 Å². The molecule has 7 heteroatoms. The molecule has 0 saturated carbocycles. The van der Waals surface area contributed by atoms with Gasteiger partial charge in [0.05, 0.1) is 21.8 Å². The number of carbonyl (C=O) groups is 1. The summed E-state index contributed by atoms with van der Waals surface area (Å²) in [4.78, 5) is 13.7. The number of piperidine rings is 1. The minimum Gasteiger partial charge on any atom is -0.478 e. The van der Waals surface area contributed by atoms with E-state index in [0.717, 1.165) is 37.9 Å². The first-order valence-corrected chi connectivity index (χ1v) is 11.0. The first kappa shape index (κ1) is 20.2. The molecule has 28 heavy (non-hydrogen) atoms. The fraction of sp³-hybridized carbons (Fsp3) is 0.381. The molecule has 1 atom stereocenters. The van der Waals surface area contributed by atoms with Gasteiger partial charge in [0.1, 0.15) is 0 Å². The van der Waals surface area contributed by atoms with E-state index < -0.39 is 16.0 Å². The summed E-state index contributed by atoms with van der Waals surface area (Å²) < 4.78 is 28.4. The Hall–Kier alpha value is -2.54. The second-order valence-electron chi connectivity index (χ2n) is 7.33. The zero-order valence-corrected chi connectivity index (χ0v) is 17.0. The monoisotopic (exact) mass is 402 g/mol. The fourth-order valence-electron chi connectivity index (χ4n) is 3.54. The SMILES string of the molecule is CCc1ccc(S(=O)(=O)Nc2cc(C(=O)O)ccc2N2CCCC(C)C2)cc1. The summed E-state index contributed by atoms with van der Waals surface area (Å²) in [6.07, 6.45) is 2.98. The highest BCUT2D eigenvalue weighted by Gasteiger charge is 2.23.